The number of hydrogen-bond acceptors (Lipinski definition) is 3. The van der Waals surface area contributed by atoms with E-state index in [4.69, 9.17) is 5.11 Å². The molecule has 1 atom stereocenters. The lowest BCUT2D eigenvalue weighted by Crippen LogP contribution is -2.14. The normalized spacial score (nSPS) is 12.8. The van der Waals surface area contributed by atoms with Crippen molar-refractivity contribution in [3.05, 3.63) is 0 Å². The number of hydrogen-bond donors (Lipinski definition) is 2. The average Bonchev–Trinajstić information content (AvgIpc) is 2.47. The topological polar surface area (TPSA) is 40.5 Å². The van der Waals surface area contributed by atoms with Crippen LogP contribution in [0.4, 0.5) is 0 Å². The van der Waals surface area contributed by atoms with Gasteiger partial charge in [0.1, 0.15) is 0 Å². The van der Waals surface area contributed by atoms with Crippen molar-refractivity contribution in [3.63, 3.8) is 0 Å². The van der Waals surface area contributed by atoms with E-state index in [0.29, 0.717) is 5.75 Å². The van der Waals surface area contributed by atoms with Crippen molar-refractivity contribution in [2.45, 2.75) is 90.1 Å². The van der Waals surface area contributed by atoms with E-state index in [9.17, 15) is 5.11 Å². The standard InChI is InChI=1S/C17H36O2S/c1-2-3-4-5-6-7-8-9-10-11-12-13-14-20-16-17(19)15-18/h17-19H,2-16H2,1H3. The second-order valence-electron chi connectivity index (χ2n) is 5.80. The van der Waals surface area contributed by atoms with Crippen molar-refractivity contribution in [2.75, 3.05) is 18.1 Å². The van der Waals surface area contributed by atoms with Crippen molar-refractivity contribution < 1.29 is 10.2 Å². The Labute approximate surface area is 130 Å². The van der Waals surface area contributed by atoms with Crippen LogP contribution in [0.2, 0.25) is 0 Å². The quantitative estimate of drug-likeness (QED) is 0.403. The molecule has 0 aliphatic heterocycles. The molecule has 0 fully saturated rings. The largest absolute Gasteiger partial charge is 0.394 e. The predicted molar refractivity (Wildman–Crippen MR) is 91.5 cm³/mol. The Balaban J connectivity index is 2.96. The van der Waals surface area contributed by atoms with Gasteiger partial charge < -0.3 is 10.2 Å². The van der Waals surface area contributed by atoms with Gasteiger partial charge in [-0.3, -0.25) is 0 Å². The molecule has 122 valence electrons. The summed E-state index contributed by atoms with van der Waals surface area (Å²) in [6.45, 7) is 2.17. The zero-order valence-electron chi connectivity index (χ0n) is 13.5. The van der Waals surface area contributed by atoms with Crippen LogP contribution in [0.25, 0.3) is 0 Å². The molecule has 0 radical (unpaired) electrons. The summed E-state index contributed by atoms with van der Waals surface area (Å²) in [5.74, 6) is 1.79. The van der Waals surface area contributed by atoms with Crippen LogP contribution in [0.1, 0.15) is 84.0 Å². The van der Waals surface area contributed by atoms with Crippen LogP contribution >= 0.6 is 11.8 Å². The van der Waals surface area contributed by atoms with Crippen LogP contribution in [0, 0.1) is 0 Å². The van der Waals surface area contributed by atoms with E-state index in [0.717, 1.165) is 5.75 Å². The summed E-state index contributed by atoms with van der Waals surface area (Å²) < 4.78 is 0. The third-order valence-corrected chi connectivity index (χ3v) is 4.86. The lowest BCUT2D eigenvalue weighted by Gasteiger charge is -2.06. The van der Waals surface area contributed by atoms with Gasteiger partial charge in [-0.05, 0) is 12.2 Å². The van der Waals surface area contributed by atoms with Gasteiger partial charge in [-0.15, -0.1) is 0 Å². The molecule has 0 aromatic carbocycles. The van der Waals surface area contributed by atoms with Crippen LogP contribution in [-0.4, -0.2) is 34.4 Å². The van der Waals surface area contributed by atoms with Gasteiger partial charge in [-0.1, -0.05) is 77.6 Å². The maximum atomic E-state index is 9.18. The highest BCUT2D eigenvalue weighted by Crippen LogP contribution is 2.13. The minimum absolute atomic E-state index is 0.106. The number of thioether (sulfide) groups is 1. The van der Waals surface area contributed by atoms with Crippen LogP contribution in [-0.2, 0) is 0 Å². The number of rotatable bonds is 16. The third-order valence-electron chi connectivity index (χ3n) is 3.66. The van der Waals surface area contributed by atoms with E-state index in [1.165, 1.54) is 77.0 Å². The molecule has 0 bridgehead atoms. The van der Waals surface area contributed by atoms with E-state index in [2.05, 4.69) is 6.92 Å². The van der Waals surface area contributed by atoms with Crippen LogP contribution < -0.4 is 0 Å². The van der Waals surface area contributed by atoms with E-state index in [-0.39, 0.29) is 6.61 Å². The molecular formula is C17H36O2S. The fourth-order valence-corrected chi connectivity index (χ4v) is 3.27. The molecule has 0 aliphatic rings. The van der Waals surface area contributed by atoms with E-state index < -0.39 is 6.10 Å². The first kappa shape index (κ1) is 20.3. The van der Waals surface area contributed by atoms with Crippen LogP contribution in [0.5, 0.6) is 0 Å². The zero-order valence-corrected chi connectivity index (χ0v) is 14.3. The molecule has 0 rings (SSSR count). The van der Waals surface area contributed by atoms with Crippen molar-refractivity contribution in [2.24, 2.45) is 0 Å². The Bertz CT molecular complexity index is 176. The SMILES string of the molecule is CCCCCCCCCCCCCCSCC(O)CO. The van der Waals surface area contributed by atoms with Gasteiger partial charge in [0.05, 0.1) is 12.7 Å². The second-order valence-corrected chi connectivity index (χ2v) is 6.95. The lowest BCUT2D eigenvalue weighted by atomic mass is 10.1. The smallest absolute Gasteiger partial charge is 0.0861 e. The van der Waals surface area contributed by atoms with Gasteiger partial charge in [-0.25, -0.2) is 0 Å². The first-order valence-corrected chi connectivity index (χ1v) is 9.83. The van der Waals surface area contributed by atoms with Crippen molar-refractivity contribution in [1.29, 1.82) is 0 Å². The maximum absolute atomic E-state index is 9.18. The summed E-state index contributed by atoms with van der Waals surface area (Å²) in [5, 5.41) is 17.9. The highest BCUT2D eigenvalue weighted by Gasteiger charge is 2.00. The van der Waals surface area contributed by atoms with Gasteiger partial charge in [0.2, 0.25) is 0 Å². The number of aliphatic hydroxyl groups is 2. The molecule has 0 aliphatic carbocycles. The van der Waals surface area contributed by atoms with Gasteiger partial charge in [0.15, 0.2) is 0 Å². The summed E-state index contributed by atoms with van der Waals surface area (Å²) in [7, 11) is 0. The molecule has 0 aromatic rings. The van der Waals surface area contributed by atoms with E-state index in [1.54, 1.807) is 11.8 Å². The van der Waals surface area contributed by atoms with Gasteiger partial charge >= 0.3 is 0 Å². The highest BCUT2D eigenvalue weighted by molar-refractivity contribution is 7.99. The number of aliphatic hydroxyl groups excluding tert-OH is 2. The highest BCUT2D eigenvalue weighted by atomic mass is 32.2. The first-order valence-electron chi connectivity index (χ1n) is 8.68. The summed E-state index contributed by atoms with van der Waals surface area (Å²) in [4.78, 5) is 0. The molecule has 2 N–H and O–H groups in total. The fourth-order valence-electron chi connectivity index (χ4n) is 2.32. The minimum Gasteiger partial charge on any atom is -0.394 e. The molecule has 0 saturated carbocycles. The molecule has 2 nitrogen and oxygen atoms in total. The predicted octanol–water partition coefficient (Wildman–Crippen LogP) is 4.77. The molecule has 0 saturated heterocycles. The van der Waals surface area contributed by atoms with Crippen LogP contribution in [0.3, 0.4) is 0 Å². The third kappa shape index (κ3) is 16.3. The average molecular weight is 305 g/mol. The molecule has 20 heavy (non-hydrogen) atoms. The Kier molecular flexibility index (Phi) is 17.6. The molecular weight excluding hydrogens is 268 g/mol. The summed E-state index contributed by atoms with van der Waals surface area (Å²) >= 11 is 1.76. The Morgan fingerprint density at radius 2 is 1.20 bits per heavy atom. The molecule has 3 heteroatoms. The second kappa shape index (κ2) is 17.3. The van der Waals surface area contributed by atoms with Gasteiger partial charge in [0, 0.05) is 5.75 Å². The van der Waals surface area contributed by atoms with Crippen molar-refractivity contribution in [3.8, 4) is 0 Å². The Morgan fingerprint density at radius 1 is 0.750 bits per heavy atom. The minimum atomic E-state index is -0.530. The van der Waals surface area contributed by atoms with Gasteiger partial charge in [0.25, 0.3) is 0 Å². The van der Waals surface area contributed by atoms with E-state index in [1.807, 2.05) is 0 Å². The first-order chi connectivity index (χ1) is 9.81. The molecule has 1 unspecified atom stereocenters. The maximum Gasteiger partial charge on any atom is 0.0861 e. The Morgan fingerprint density at radius 3 is 1.65 bits per heavy atom. The molecule has 0 amide bonds. The zero-order chi connectivity index (χ0) is 14.9. The summed E-state index contributed by atoms with van der Waals surface area (Å²) in [6, 6.07) is 0. The van der Waals surface area contributed by atoms with E-state index >= 15 is 0 Å². The number of unbranched alkanes of at least 4 members (excludes halogenated alkanes) is 11. The molecule has 0 aromatic heterocycles. The lowest BCUT2D eigenvalue weighted by molar-refractivity contribution is 0.113. The van der Waals surface area contributed by atoms with Gasteiger partial charge in [-0.2, -0.15) is 11.8 Å². The monoisotopic (exact) mass is 304 g/mol. The fraction of sp³-hybridized carbons (Fsp3) is 1.00. The Hall–Kier alpha value is 0.270. The summed E-state index contributed by atoms with van der Waals surface area (Å²) in [6.07, 6.45) is 16.1. The molecule has 0 heterocycles. The van der Waals surface area contributed by atoms with Crippen LogP contribution in [0.15, 0.2) is 0 Å². The summed E-state index contributed by atoms with van der Waals surface area (Å²) in [5.41, 5.74) is 0. The van der Waals surface area contributed by atoms with Crippen molar-refractivity contribution in [1.82, 2.24) is 0 Å². The molecule has 0 spiro atoms. The van der Waals surface area contributed by atoms with Crippen molar-refractivity contribution >= 4 is 11.8 Å².